The third kappa shape index (κ3) is 3.67. The number of benzene rings is 1. The molecule has 0 amide bonds. The van der Waals surface area contributed by atoms with Gasteiger partial charge in [0, 0.05) is 10.5 Å². The van der Waals surface area contributed by atoms with Gasteiger partial charge in [-0.2, -0.15) is 0 Å². The first-order chi connectivity index (χ1) is 9.38. The first-order valence-electron chi connectivity index (χ1n) is 7.29. The molecule has 1 aliphatic rings. The average Bonchev–Trinajstić information content (AvgIpc) is 2.33. The summed E-state index contributed by atoms with van der Waals surface area (Å²) in [6.07, 6.45) is 3.68. The first-order valence-corrected chi connectivity index (χ1v) is 8.46. The van der Waals surface area contributed by atoms with E-state index in [2.05, 4.69) is 42.0 Å². The summed E-state index contributed by atoms with van der Waals surface area (Å²) < 4.78 is 14.0. The zero-order valence-corrected chi connectivity index (χ0v) is 14.6. The first kappa shape index (κ1) is 16.1. The lowest BCUT2D eigenvalue weighted by Gasteiger charge is -2.38. The summed E-state index contributed by atoms with van der Waals surface area (Å²) >= 11 is 9.60. The van der Waals surface area contributed by atoms with E-state index in [0.717, 1.165) is 18.0 Å². The smallest absolute Gasteiger partial charge is 0.125 e. The fourth-order valence-electron chi connectivity index (χ4n) is 3.23. The van der Waals surface area contributed by atoms with Gasteiger partial charge >= 0.3 is 0 Å². The molecule has 0 heterocycles. The van der Waals surface area contributed by atoms with Crippen molar-refractivity contribution in [3.8, 4) is 0 Å². The van der Waals surface area contributed by atoms with Crippen molar-refractivity contribution in [1.82, 2.24) is 0 Å². The second-order valence-corrected chi connectivity index (χ2v) is 7.58. The summed E-state index contributed by atoms with van der Waals surface area (Å²) in [6, 6.07) is 3.23. The number of hydrogen-bond donors (Lipinski definition) is 1. The molecule has 0 spiro atoms. The van der Waals surface area contributed by atoms with Gasteiger partial charge in [0.1, 0.15) is 5.82 Å². The fraction of sp³-hybridized carbons (Fsp3) is 0.625. The predicted molar refractivity (Wildman–Crippen MR) is 87.9 cm³/mol. The Balaban J connectivity index is 2.22. The standard InChI is InChI=1S/C16H22BrClFN/c1-9(2)12-5-4-10(3)6-15(12)20-16-13(17)7-11(19)8-14(16)18/h7-10,12,15,20H,4-6H2,1-3H3. The van der Waals surface area contributed by atoms with Crippen molar-refractivity contribution >= 4 is 33.2 Å². The Labute approximate surface area is 134 Å². The summed E-state index contributed by atoms with van der Waals surface area (Å²) in [5.41, 5.74) is 0.817. The lowest BCUT2D eigenvalue weighted by atomic mass is 9.74. The summed E-state index contributed by atoms with van der Waals surface area (Å²) in [7, 11) is 0. The van der Waals surface area contributed by atoms with Crippen LogP contribution in [0, 0.1) is 23.6 Å². The Morgan fingerprint density at radius 2 is 2.05 bits per heavy atom. The topological polar surface area (TPSA) is 12.0 Å². The van der Waals surface area contributed by atoms with Crippen LogP contribution >= 0.6 is 27.5 Å². The molecule has 0 saturated heterocycles. The Bertz CT molecular complexity index is 455. The second kappa shape index (κ2) is 6.65. The molecule has 1 aromatic rings. The molecule has 1 N–H and O–H groups in total. The minimum Gasteiger partial charge on any atom is -0.380 e. The van der Waals surface area contributed by atoms with Crippen molar-refractivity contribution in [1.29, 1.82) is 0 Å². The van der Waals surface area contributed by atoms with E-state index in [9.17, 15) is 4.39 Å². The molecule has 1 aromatic carbocycles. The van der Waals surface area contributed by atoms with Crippen LogP contribution in [0.3, 0.4) is 0 Å². The SMILES string of the molecule is CC1CCC(C(C)C)C(Nc2c(Cl)cc(F)cc2Br)C1. The summed E-state index contributed by atoms with van der Waals surface area (Å²) in [5.74, 6) is 1.68. The van der Waals surface area contributed by atoms with Crippen LogP contribution in [0.5, 0.6) is 0 Å². The minimum atomic E-state index is -0.315. The Hall–Kier alpha value is -0.280. The van der Waals surface area contributed by atoms with Gasteiger partial charge in [0.2, 0.25) is 0 Å². The number of anilines is 1. The third-order valence-corrected chi connectivity index (χ3v) is 5.28. The van der Waals surface area contributed by atoms with Gasteiger partial charge in [-0.25, -0.2) is 4.39 Å². The number of halogens is 3. The lowest BCUT2D eigenvalue weighted by molar-refractivity contribution is 0.212. The molecule has 3 unspecified atom stereocenters. The van der Waals surface area contributed by atoms with Crippen LogP contribution in [0.1, 0.15) is 40.0 Å². The van der Waals surface area contributed by atoms with Crippen LogP contribution in [-0.4, -0.2) is 6.04 Å². The molecular formula is C16H22BrClFN. The molecule has 112 valence electrons. The van der Waals surface area contributed by atoms with Gasteiger partial charge in [0.05, 0.1) is 10.7 Å². The van der Waals surface area contributed by atoms with E-state index in [1.54, 1.807) is 0 Å². The Morgan fingerprint density at radius 3 is 2.65 bits per heavy atom. The molecule has 1 aliphatic carbocycles. The summed E-state index contributed by atoms with van der Waals surface area (Å²) in [6.45, 7) is 6.85. The highest BCUT2D eigenvalue weighted by atomic mass is 79.9. The maximum absolute atomic E-state index is 13.3. The average molecular weight is 363 g/mol. The van der Waals surface area contributed by atoms with Crippen LogP contribution in [0.15, 0.2) is 16.6 Å². The quantitative estimate of drug-likeness (QED) is 0.683. The molecule has 4 heteroatoms. The van der Waals surface area contributed by atoms with Gasteiger partial charge in [-0.3, -0.25) is 0 Å². The Morgan fingerprint density at radius 1 is 1.35 bits per heavy atom. The maximum Gasteiger partial charge on any atom is 0.125 e. The maximum atomic E-state index is 13.3. The number of hydrogen-bond acceptors (Lipinski definition) is 1. The predicted octanol–water partition coefficient (Wildman–Crippen LogP) is 6.11. The molecule has 0 radical (unpaired) electrons. The van der Waals surface area contributed by atoms with Crippen molar-refractivity contribution in [2.75, 3.05) is 5.32 Å². The van der Waals surface area contributed by atoms with Gasteiger partial charge in [-0.05, 0) is 58.7 Å². The van der Waals surface area contributed by atoms with Crippen molar-refractivity contribution in [3.63, 3.8) is 0 Å². The van der Waals surface area contributed by atoms with Gasteiger partial charge < -0.3 is 5.32 Å². The molecule has 20 heavy (non-hydrogen) atoms. The number of rotatable bonds is 3. The lowest BCUT2D eigenvalue weighted by Crippen LogP contribution is -2.38. The van der Waals surface area contributed by atoms with Crippen molar-refractivity contribution in [2.24, 2.45) is 17.8 Å². The molecule has 1 saturated carbocycles. The monoisotopic (exact) mass is 361 g/mol. The van der Waals surface area contributed by atoms with E-state index in [1.807, 2.05) is 0 Å². The largest absolute Gasteiger partial charge is 0.380 e. The fourth-order valence-corrected chi connectivity index (χ4v) is 4.16. The van der Waals surface area contributed by atoms with Crippen LogP contribution < -0.4 is 5.32 Å². The Kier molecular flexibility index (Phi) is 5.36. The van der Waals surface area contributed by atoms with E-state index in [1.165, 1.54) is 25.0 Å². The summed E-state index contributed by atoms with van der Waals surface area (Å²) in [4.78, 5) is 0. The molecule has 0 aromatic heterocycles. The second-order valence-electron chi connectivity index (χ2n) is 6.32. The highest BCUT2D eigenvalue weighted by molar-refractivity contribution is 9.10. The van der Waals surface area contributed by atoms with E-state index in [-0.39, 0.29) is 5.82 Å². The van der Waals surface area contributed by atoms with Gasteiger partial charge in [0.25, 0.3) is 0 Å². The van der Waals surface area contributed by atoms with Crippen LogP contribution in [0.2, 0.25) is 5.02 Å². The molecule has 1 nitrogen and oxygen atoms in total. The minimum absolute atomic E-state index is 0.315. The third-order valence-electron chi connectivity index (χ3n) is 4.36. The molecular weight excluding hydrogens is 341 g/mol. The molecule has 3 atom stereocenters. The molecule has 0 bridgehead atoms. The van der Waals surface area contributed by atoms with Crippen molar-refractivity contribution in [2.45, 2.75) is 46.1 Å². The molecule has 2 rings (SSSR count). The van der Waals surface area contributed by atoms with E-state index < -0.39 is 0 Å². The van der Waals surface area contributed by atoms with Crippen molar-refractivity contribution < 1.29 is 4.39 Å². The van der Waals surface area contributed by atoms with Crippen LogP contribution in [-0.2, 0) is 0 Å². The van der Waals surface area contributed by atoms with Gasteiger partial charge in [0.15, 0.2) is 0 Å². The normalized spacial score (nSPS) is 26.9. The van der Waals surface area contributed by atoms with Crippen molar-refractivity contribution in [3.05, 3.63) is 27.4 Å². The summed E-state index contributed by atoms with van der Waals surface area (Å²) in [5, 5.41) is 4.00. The molecule has 1 fully saturated rings. The zero-order valence-electron chi connectivity index (χ0n) is 12.2. The van der Waals surface area contributed by atoms with Gasteiger partial charge in [-0.1, -0.05) is 38.8 Å². The van der Waals surface area contributed by atoms with E-state index in [0.29, 0.717) is 27.4 Å². The van der Waals surface area contributed by atoms with E-state index in [4.69, 9.17) is 11.6 Å². The van der Waals surface area contributed by atoms with Crippen LogP contribution in [0.25, 0.3) is 0 Å². The van der Waals surface area contributed by atoms with Gasteiger partial charge in [-0.15, -0.1) is 0 Å². The van der Waals surface area contributed by atoms with Crippen LogP contribution in [0.4, 0.5) is 10.1 Å². The zero-order chi connectivity index (χ0) is 14.9. The molecule has 0 aliphatic heterocycles. The number of nitrogens with one attached hydrogen (secondary N) is 1. The van der Waals surface area contributed by atoms with E-state index >= 15 is 0 Å². The highest BCUT2D eigenvalue weighted by Gasteiger charge is 2.31. The highest BCUT2D eigenvalue weighted by Crippen LogP contribution is 2.39.